The molecule has 1 aliphatic heterocycles. The van der Waals surface area contributed by atoms with Gasteiger partial charge in [-0.05, 0) is 19.3 Å². The van der Waals surface area contributed by atoms with E-state index < -0.39 is 11.9 Å². The topological polar surface area (TPSA) is 70.5 Å². The first kappa shape index (κ1) is 14.0. The van der Waals surface area contributed by atoms with Crippen LogP contribution < -0.4 is 0 Å². The Kier molecular flexibility index (Phi) is 4.52. The largest absolute Gasteiger partial charge is 0.481 e. The molecule has 0 aliphatic carbocycles. The maximum absolute atomic E-state index is 12.1. The SMILES string of the molecule is CCc1csc(CC(=O)N2CCCC(C(=O)O)C2)n1. The molecule has 0 aromatic carbocycles. The van der Waals surface area contributed by atoms with Crippen LogP contribution in [-0.4, -0.2) is 40.0 Å². The zero-order valence-electron chi connectivity index (χ0n) is 11.0. The van der Waals surface area contributed by atoms with E-state index in [0.29, 0.717) is 19.5 Å². The highest BCUT2D eigenvalue weighted by molar-refractivity contribution is 7.09. The molecule has 1 aromatic rings. The number of hydrogen-bond donors (Lipinski definition) is 1. The molecule has 1 fully saturated rings. The summed E-state index contributed by atoms with van der Waals surface area (Å²) in [4.78, 5) is 29.1. The Balaban J connectivity index is 1.93. The van der Waals surface area contributed by atoms with Crippen LogP contribution in [0.15, 0.2) is 5.38 Å². The third-order valence-electron chi connectivity index (χ3n) is 3.39. The van der Waals surface area contributed by atoms with Gasteiger partial charge in [0.15, 0.2) is 0 Å². The van der Waals surface area contributed by atoms with Gasteiger partial charge in [-0.2, -0.15) is 0 Å². The number of aryl methyl sites for hydroxylation is 1. The van der Waals surface area contributed by atoms with E-state index in [1.165, 1.54) is 11.3 Å². The molecule has 1 aliphatic rings. The predicted octanol–water partition coefficient (Wildman–Crippen LogP) is 1.57. The van der Waals surface area contributed by atoms with Gasteiger partial charge in [0.05, 0.1) is 18.0 Å². The van der Waals surface area contributed by atoms with Crippen molar-refractivity contribution >= 4 is 23.2 Å². The van der Waals surface area contributed by atoms with Crippen molar-refractivity contribution < 1.29 is 14.7 Å². The average Bonchev–Trinajstić information content (AvgIpc) is 2.86. The number of carboxylic acid groups (broad SMARTS) is 1. The molecule has 1 unspecified atom stereocenters. The van der Waals surface area contributed by atoms with E-state index in [9.17, 15) is 9.59 Å². The molecule has 1 atom stereocenters. The van der Waals surface area contributed by atoms with Gasteiger partial charge >= 0.3 is 5.97 Å². The van der Waals surface area contributed by atoms with Crippen LogP contribution in [0.3, 0.4) is 0 Å². The highest BCUT2D eigenvalue weighted by Gasteiger charge is 2.28. The fraction of sp³-hybridized carbons (Fsp3) is 0.615. The number of carbonyl (C=O) groups excluding carboxylic acids is 1. The lowest BCUT2D eigenvalue weighted by Crippen LogP contribution is -2.42. The molecular formula is C13H18N2O3S. The van der Waals surface area contributed by atoms with Crippen molar-refractivity contribution in [3.8, 4) is 0 Å². The number of carbonyl (C=O) groups is 2. The van der Waals surface area contributed by atoms with Crippen LogP contribution in [0.4, 0.5) is 0 Å². The zero-order valence-corrected chi connectivity index (χ0v) is 11.8. The Labute approximate surface area is 116 Å². The molecular weight excluding hydrogens is 264 g/mol. The zero-order chi connectivity index (χ0) is 13.8. The van der Waals surface area contributed by atoms with Crippen LogP contribution in [0.2, 0.25) is 0 Å². The molecule has 0 spiro atoms. The van der Waals surface area contributed by atoms with Gasteiger partial charge in [-0.25, -0.2) is 4.98 Å². The lowest BCUT2D eigenvalue weighted by Gasteiger charge is -2.30. The van der Waals surface area contributed by atoms with Gasteiger partial charge in [0, 0.05) is 18.5 Å². The Morgan fingerprint density at radius 3 is 3.00 bits per heavy atom. The minimum Gasteiger partial charge on any atom is -0.481 e. The number of carboxylic acids is 1. The van der Waals surface area contributed by atoms with Gasteiger partial charge in [0.1, 0.15) is 5.01 Å². The molecule has 0 radical (unpaired) electrons. The first-order chi connectivity index (χ1) is 9.10. The number of aromatic nitrogens is 1. The van der Waals surface area contributed by atoms with Crippen molar-refractivity contribution in [1.82, 2.24) is 9.88 Å². The number of thiazole rings is 1. The fourth-order valence-electron chi connectivity index (χ4n) is 2.24. The van der Waals surface area contributed by atoms with E-state index >= 15 is 0 Å². The lowest BCUT2D eigenvalue weighted by atomic mass is 9.98. The number of piperidine rings is 1. The Morgan fingerprint density at radius 2 is 2.37 bits per heavy atom. The summed E-state index contributed by atoms with van der Waals surface area (Å²) in [7, 11) is 0. The van der Waals surface area contributed by atoms with E-state index in [4.69, 9.17) is 5.11 Å². The molecule has 0 saturated carbocycles. The highest BCUT2D eigenvalue weighted by atomic mass is 32.1. The summed E-state index contributed by atoms with van der Waals surface area (Å²) < 4.78 is 0. The second-order valence-electron chi connectivity index (χ2n) is 4.78. The van der Waals surface area contributed by atoms with Crippen LogP contribution >= 0.6 is 11.3 Å². The Bertz CT molecular complexity index is 472. The molecule has 2 heterocycles. The standard InChI is InChI=1S/C13H18N2O3S/c1-2-10-8-19-11(14-10)6-12(16)15-5-3-4-9(7-15)13(17)18/h8-9H,2-7H2,1H3,(H,17,18). The van der Waals surface area contributed by atoms with Crippen molar-refractivity contribution in [3.05, 3.63) is 16.1 Å². The van der Waals surface area contributed by atoms with Crippen molar-refractivity contribution in [1.29, 1.82) is 0 Å². The predicted molar refractivity (Wildman–Crippen MR) is 72.1 cm³/mol. The van der Waals surface area contributed by atoms with Gasteiger partial charge < -0.3 is 10.0 Å². The van der Waals surface area contributed by atoms with Crippen molar-refractivity contribution in [2.24, 2.45) is 5.92 Å². The Hall–Kier alpha value is -1.43. The van der Waals surface area contributed by atoms with Gasteiger partial charge in [0.25, 0.3) is 0 Å². The van der Waals surface area contributed by atoms with Crippen molar-refractivity contribution in [3.63, 3.8) is 0 Å². The third kappa shape index (κ3) is 3.53. The summed E-state index contributed by atoms with van der Waals surface area (Å²) in [5, 5.41) is 11.8. The number of aliphatic carboxylic acids is 1. The number of nitrogens with zero attached hydrogens (tertiary/aromatic N) is 2. The molecule has 104 valence electrons. The second-order valence-corrected chi connectivity index (χ2v) is 5.72. The number of amides is 1. The molecule has 1 aromatic heterocycles. The molecule has 0 bridgehead atoms. The molecule has 1 N–H and O–H groups in total. The quantitative estimate of drug-likeness (QED) is 0.910. The van der Waals surface area contributed by atoms with Crippen molar-refractivity contribution in [2.45, 2.75) is 32.6 Å². The summed E-state index contributed by atoms with van der Waals surface area (Å²) in [5.74, 6) is -1.23. The van der Waals surface area contributed by atoms with Crippen LogP contribution in [0.5, 0.6) is 0 Å². The smallest absolute Gasteiger partial charge is 0.308 e. The third-order valence-corrected chi connectivity index (χ3v) is 4.28. The minimum atomic E-state index is -0.806. The van der Waals surface area contributed by atoms with Gasteiger partial charge in [0.2, 0.25) is 5.91 Å². The molecule has 5 nitrogen and oxygen atoms in total. The summed E-state index contributed by atoms with van der Waals surface area (Å²) in [6.45, 7) is 3.03. The number of hydrogen-bond acceptors (Lipinski definition) is 4. The summed E-state index contributed by atoms with van der Waals surface area (Å²) in [6.07, 6.45) is 2.59. The van der Waals surface area contributed by atoms with Gasteiger partial charge in [-0.15, -0.1) is 11.3 Å². The maximum atomic E-state index is 12.1. The summed E-state index contributed by atoms with van der Waals surface area (Å²) in [6, 6.07) is 0. The lowest BCUT2D eigenvalue weighted by molar-refractivity contribution is -0.145. The van der Waals surface area contributed by atoms with Crippen LogP contribution in [0.1, 0.15) is 30.5 Å². The monoisotopic (exact) mass is 282 g/mol. The molecule has 6 heteroatoms. The molecule has 1 saturated heterocycles. The number of rotatable bonds is 4. The molecule has 1 amide bonds. The molecule has 19 heavy (non-hydrogen) atoms. The van der Waals surface area contributed by atoms with E-state index in [1.54, 1.807) is 4.90 Å². The normalized spacial score (nSPS) is 19.4. The average molecular weight is 282 g/mol. The van der Waals surface area contributed by atoms with E-state index in [2.05, 4.69) is 4.98 Å². The molecule has 2 rings (SSSR count). The minimum absolute atomic E-state index is 0.0112. The maximum Gasteiger partial charge on any atom is 0.308 e. The van der Waals surface area contributed by atoms with Gasteiger partial charge in [-0.3, -0.25) is 9.59 Å². The first-order valence-electron chi connectivity index (χ1n) is 6.54. The van der Waals surface area contributed by atoms with E-state index in [0.717, 1.165) is 23.5 Å². The van der Waals surface area contributed by atoms with Crippen LogP contribution in [0.25, 0.3) is 0 Å². The van der Waals surface area contributed by atoms with E-state index in [-0.39, 0.29) is 12.3 Å². The summed E-state index contributed by atoms with van der Waals surface area (Å²) in [5.41, 5.74) is 1.01. The van der Waals surface area contributed by atoms with E-state index in [1.807, 2.05) is 12.3 Å². The van der Waals surface area contributed by atoms with Crippen LogP contribution in [0, 0.1) is 5.92 Å². The fourth-order valence-corrected chi connectivity index (χ4v) is 3.11. The first-order valence-corrected chi connectivity index (χ1v) is 7.42. The second kappa shape index (κ2) is 6.14. The summed E-state index contributed by atoms with van der Waals surface area (Å²) >= 11 is 1.50. The highest BCUT2D eigenvalue weighted by Crippen LogP contribution is 2.18. The van der Waals surface area contributed by atoms with Crippen molar-refractivity contribution in [2.75, 3.05) is 13.1 Å². The van der Waals surface area contributed by atoms with Crippen LogP contribution in [-0.2, 0) is 22.4 Å². The Morgan fingerprint density at radius 1 is 1.58 bits per heavy atom. The van der Waals surface area contributed by atoms with Gasteiger partial charge in [-0.1, -0.05) is 6.92 Å². The number of likely N-dealkylation sites (tertiary alicyclic amines) is 1.